The fourth-order valence-corrected chi connectivity index (χ4v) is 4.13. The number of hydrogen-bond acceptors (Lipinski definition) is 4. The van der Waals surface area contributed by atoms with Gasteiger partial charge in [0.15, 0.2) is 5.69 Å². The van der Waals surface area contributed by atoms with E-state index in [-0.39, 0.29) is 11.9 Å². The standard InChI is InChI=1S/C24H27N3O3/c1-4-27-22(19-13-12-17(29-2)14-23(19)30-3)15-21(26-27)24(28)25-20-11-7-9-16-8-5-6-10-18(16)20/h5-6,8,10,12-15,20H,4,7,9,11H2,1-3H3,(H,25,28)/t20-/m1/s1. The molecule has 4 rings (SSSR count). The maximum atomic E-state index is 13.1. The molecule has 30 heavy (non-hydrogen) atoms. The number of benzene rings is 2. The highest BCUT2D eigenvalue weighted by atomic mass is 16.5. The average molecular weight is 405 g/mol. The Morgan fingerprint density at radius 2 is 2.00 bits per heavy atom. The Morgan fingerprint density at radius 3 is 2.77 bits per heavy atom. The van der Waals surface area contributed by atoms with E-state index in [0.29, 0.717) is 23.7 Å². The van der Waals surface area contributed by atoms with E-state index in [1.165, 1.54) is 11.1 Å². The molecule has 0 spiro atoms. The number of nitrogens with one attached hydrogen (secondary N) is 1. The molecular formula is C24H27N3O3. The van der Waals surface area contributed by atoms with Crippen molar-refractivity contribution < 1.29 is 14.3 Å². The molecule has 1 heterocycles. The summed E-state index contributed by atoms with van der Waals surface area (Å²) in [5.41, 5.74) is 4.65. The highest BCUT2D eigenvalue weighted by molar-refractivity contribution is 5.94. The molecule has 1 aromatic heterocycles. The first-order chi connectivity index (χ1) is 14.6. The van der Waals surface area contributed by atoms with Crippen molar-refractivity contribution in [3.8, 4) is 22.8 Å². The number of amides is 1. The van der Waals surface area contributed by atoms with Crippen LogP contribution >= 0.6 is 0 Å². The monoisotopic (exact) mass is 405 g/mol. The Labute approximate surface area is 176 Å². The third-order valence-corrected chi connectivity index (χ3v) is 5.67. The van der Waals surface area contributed by atoms with Crippen LogP contribution in [0.4, 0.5) is 0 Å². The topological polar surface area (TPSA) is 65.4 Å². The van der Waals surface area contributed by atoms with Crippen molar-refractivity contribution in [3.05, 3.63) is 65.4 Å². The summed E-state index contributed by atoms with van der Waals surface area (Å²) in [6, 6.07) is 15.8. The zero-order chi connectivity index (χ0) is 21.1. The number of rotatable bonds is 6. The van der Waals surface area contributed by atoms with E-state index in [9.17, 15) is 4.79 Å². The summed E-state index contributed by atoms with van der Waals surface area (Å²) in [5.74, 6) is 1.24. The Morgan fingerprint density at radius 1 is 1.17 bits per heavy atom. The van der Waals surface area contributed by atoms with Crippen molar-refractivity contribution in [2.45, 2.75) is 38.8 Å². The van der Waals surface area contributed by atoms with Gasteiger partial charge in [0.25, 0.3) is 5.91 Å². The number of fused-ring (bicyclic) bond motifs is 1. The molecule has 6 nitrogen and oxygen atoms in total. The second-order valence-electron chi connectivity index (χ2n) is 7.41. The quantitative estimate of drug-likeness (QED) is 0.660. The SMILES string of the molecule is CCn1nc(C(=O)N[C@@H]2CCCc3ccccc32)cc1-c1ccc(OC)cc1OC. The molecule has 0 aliphatic heterocycles. The number of ether oxygens (including phenoxy) is 2. The van der Waals surface area contributed by atoms with Crippen LogP contribution in [0.2, 0.25) is 0 Å². The number of hydrogen-bond donors (Lipinski definition) is 1. The Balaban J connectivity index is 1.63. The molecule has 1 N–H and O–H groups in total. The number of carbonyl (C=O) groups excluding carboxylic acids is 1. The molecule has 156 valence electrons. The largest absolute Gasteiger partial charge is 0.497 e. The van der Waals surface area contributed by atoms with E-state index in [1.54, 1.807) is 14.2 Å². The van der Waals surface area contributed by atoms with Gasteiger partial charge in [-0.15, -0.1) is 0 Å². The van der Waals surface area contributed by atoms with Crippen molar-refractivity contribution >= 4 is 5.91 Å². The van der Waals surface area contributed by atoms with E-state index in [2.05, 4.69) is 28.6 Å². The van der Waals surface area contributed by atoms with E-state index >= 15 is 0 Å². The smallest absolute Gasteiger partial charge is 0.272 e. The molecule has 0 fully saturated rings. The van der Waals surface area contributed by atoms with E-state index in [1.807, 2.05) is 41.9 Å². The highest BCUT2D eigenvalue weighted by Crippen LogP contribution is 2.34. The first-order valence-electron chi connectivity index (χ1n) is 10.3. The zero-order valence-electron chi connectivity index (χ0n) is 17.6. The molecule has 1 aliphatic carbocycles. The van der Waals surface area contributed by atoms with Gasteiger partial charge in [-0.1, -0.05) is 24.3 Å². The minimum absolute atomic E-state index is 0.0215. The molecule has 0 radical (unpaired) electrons. The van der Waals surface area contributed by atoms with Crippen LogP contribution in [0.25, 0.3) is 11.3 Å². The van der Waals surface area contributed by atoms with E-state index < -0.39 is 0 Å². The van der Waals surface area contributed by atoms with Gasteiger partial charge in [0.2, 0.25) is 0 Å². The van der Waals surface area contributed by atoms with Gasteiger partial charge in [-0.3, -0.25) is 9.48 Å². The summed E-state index contributed by atoms with van der Waals surface area (Å²) < 4.78 is 12.7. The predicted molar refractivity (Wildman–Crippen MR) is 116 cm³/mol. The van der Waals surface area contributed by atoms with Gasteiger partial charge in [0, 0.05) is 18.2 Å². The fourth-order valence-electron chi connectivity index (χ4n) is 4.13. The summed E-state index contributed by atoms with van der Waals surface area (Å²) in [5, 5.41) is 7.75. The van der Waals surface area contributed by atoms with Crippen molar-refractivity contribution in [1.82, 2.24) is 15.1 Å². The molecule has 1 amide bonds. The number of carbonyl (C=O) groups is 1. The second-order valence-corrected chi connectivity index (χ2v) is 7.41. The number of aromatic nitrogens is 2. The Kier molecular flexibility index (Phi) is 5.74. The zero-order valence-corrected chi connectivity index (χ0v) is 17.6. The fraction of sp³-hybridized carbons (Fsp3) is 0.333. The van der Waals surface area contributed by atoms with Crippen molar-refractivity contribution in [2.75, 3.05) is 14.2 Å². The van der Waals surface area contributed by atoms with Gasteiger partial charge < -0.3 is 14.8 Å². The number of aryl methyl sites for hydroxylation is 2. The summed E-state index contributed by atoms with van der Waals surface area (Å²) in [4.78, 5) is 13.1. The minimum atomic E-state index is -0.155. The molecule has 1 aliphatic rings. The molecule has 0 saturated carbocycles. The first-order valence-corrected chi connectivity index (χ1v) is 10.3. The van der Waals surface area contributed by atoms with Crippen LogP contribution < -0.4 is 14.8 Å². The third kappa shape index (κ3) is 3.77. The van der Waals surface area contributed by atoms with E-state index in [4.69, 9.17) is 9.47 Å². The average Bonchev–Trinajstić information content (AvgIpc) is 3.23. The van der Waals surface area contributed by atoms with Crippen LogP contribution in [0, 0.1) is 0 Å². The van der Waals surface area contributed by atoms with Crippen molar-refractivity contribution in [2.24, 2.45) is 0 Å². The molecular weight excluding hydrogens is 378 g/mol. The summed E-state index contributed by atoms with van der Waals surface area (Å²) in [6.45, 7) is 2.65. The van der Waals surface area contributed by atoms with E-state index in [0.717, 1.165) is 30.5 Å². The molecule has 0 unspecified atom stereocenters. The van der Waals surface area contributed by atoms with Gasteiger partial charge in [0.1, 0.15) is 11.5 Å². The van der Waals surface area contributed by atoms with Gasteiger partial charge in [-0.2, -0.15) is 5.10 Å². The first kappa shape index (κ1) is 20.0. The van der Waals surface area contributed by atoms with Crippen molar-refractivity contribution in [3.63, 3.8) is 0 Å². The van der Waals surface area contributed by atoms with Gasteiger partial charge in [-0.25, -0.2) is 0 Å². The van der Waals surface area contributed by atoms with Crippen LogP contribution in [0.1, 0.15) is 47.4 Å². The minimum Gasteiger partial charge on any atom is -0.497 e. The summed E-state index contributed by atoms with van der Waals surface area (Å²) in [6.07, 6.45) is 3.07. The summed E-state index contributed by atoms with van der Waals surface area (Å²) in [7, 11) is 3.25. The molecule has 0 saturated heterocycles. The van der Waals surface area contributed by atoms with Gasteiger partial charge in [0.05, 0.1) is 26.0 Å². The molecule has 3 aromatic rings. The van der Waals surface area contributed by atoms with Crippen LogP contribution in [-0.4, -0.2) is 29.9 Å². The number of nitrogens with zero attached hydrogens (tertiary/aromatic N) is 2. The molecule has 6 heteroatoms. The second kappa shape index (κ2) is 8.61. The third-order valence-electron chi connectivity index (χ3n) is 5.67. The van der Waals surface area contributed by atoms with Crippen LogP contribution in [0.15, 0.2) is 48.5 Å². The lowest BCUT2D eigenvalue weighted by Gasteiger charge is -2.26. The maximum absolute atomic E-state index is 13.1. The Bertz CT molecular complexity index is 1060. The highest BCUT2D eigenvalue weighted by Gasteiger charge is 2.24. The van der Waals surface area contributed by atoms with Crippen LogP contribution in [0.3, 0.4) is 0 Å². The van der Waals surface area contributed by atoms with Gasteiger partial charge in [-0.05, 0) is 55.5 Å². The molecule has 0 bridgehead atoms. The van der Waals surface area contributed by atoms with Crippen molar-refractivity contribution in [1.29, 1.82) is 0 Å². The lowest BCUT2D eigenvalue weighted by molar-refractivity contribution is 0.0927. The van der Waals surface area contributed by atoms with Crippen LogP contribution in [0.5, 0.6) is 11.5 Å². The molecule has 1 atom stereocenters. The lowest BCUT2D eigenvalue weighted by atomic mass is 9.87. The molecule has 2 aromatic carbocycles. The van der Waals surface area contributed by atoms with Crippen LogP contribution in [-0.2, 0) is 13.0 Å². The number of methoxy groups -OCH3 is 2. The predicted octanol–water partition coefficient (Wildman–Crippen LogP) is 4.39. The maximum Gasteiger partial charge on any atom is 0.272 e. The summed E-state index contributed by atoms with van der Waals surface area (Å²) >= 11 is 0. The van der Waals surface area contributed by atoms with Gasteiger partial charge >= 0.3 is 0 Å². The lowest BCUT2D eigenvalue weighted by Crippen LogP contribution is -2.31. The Hall–Kier alpha value is -3.28. The normalized spacial score (nSPS) is 15.4.